The summed E-state index contributed by atoms with van der Waals surface area (Å²) in [5, 5.41) is 12.7. The highest BCUT2D eigenvalue weighted by atomic mass is 16.3. The lowest BCUT2D eigenvalue weighted by molar-refractivity contribution is 0.0944. The van der Waals surface area contributed by atoms with Gasteiger partial charge in [-0.2, -0.15) is 0 Å². The van der Waals surface area contributed by atoms with Crippen LogP contribution in [0.5, 0.6) is 5.75 Å². The number of benzene rings is 1. The zero-order valence-corrected chi connectivity index (χ0v) is 11.5. The summed E-state index contributed by atoms with van der Waals surface area (Å²) >= 11 is 0. The second-order valence-electron chi connectivity index (χ2n) is 5.83. The van der Waals surface area contributed by atoms with Gasteiger partial charge in [-0.3, -0.25) is 4.79 Å². The van der Waals surface area contributed by atoms with Crippen molar-refractivity contribution in [3.8, 4) is 5.75 Å². The quantitative estimate of drug-likeness (QED) is 0.569. The molecule has 0 radical (unpaired) electrons. The van der Waals surface area contributed by atoms with Gasteiger partial charge in [0.1, 0.15) is 0 Å². The number of para-hydroxylation sites is 1. The first-order valence-electron chi connectivity index (χ1n) is 7.25. The molecule has 0 spiro atoms. The van der Waals surface area contributed by atoms with Crippen LogP contribution in [0.15, 0.2) is 18.2 Å². The van der Waals surface area contributed by atoms with Crippen LogP contribution >= 0.6 is 0 Å². The number of rotatable bonds is 4. The molecular formula is C15H21N3O2. The number of nitrogens with zero attached hydrogens (tertiary/aromatic N) is 1. The van der Waals surface area contributed by atoms with Gasteiger partial charge in [-0.05, 0) is 43.9 Å². The molecule has 1 saturated carbocycles. The molecule has 4 N–H and O–H groups in total. The number of carbonyl (C=O) groups excluding carboxylic acids is 1. The van der Waals surface area contributed by atoms with Crippen LogP contribution in [0.3, 0.4) is 0 Å². The molecule has 1 amide bonds. The second kappa shape index (κ2) is 5.32. The Bertz CT molecular complexity index is 514. The Labute approximate surface area is 118 Å². The fraction of sp³-hybridized carbons (Fsp3) is 0.533. The number of phenols is 1. The third-order valence-electron chi connectivity index (χ3n) is 4.24. The SMILES string of the molecule is Nc1cccc(C(=O)NCC2CCN(C3CC3)C2)c1O. The van der Waals surface area contributed by atoms with E-state index < -0.39 is 0 Å². The summed E-state index contributed by atoms with van der Waals surface area (Å²) in [6, 6.07) is 5.64. The number of nitrogen functional groups attached to an aromatic ring is 1. The number of hydrogen-bond donors (Lipinski definition) is 3. The molecule has 1 saturated heterocycles. The van der Waals surface area contributed by atoms with Crippen molar-refractivity contribution >= 4 is 11.6 Å². The molecule has 1 aromatic rings. The number of amides is 1. The number of carbonyl (C=O) groups is 1. The van der Waals surface area contributed by atoms with E-state index in [-0.39, 0.29) is 22.9 Å². The summed E-state index contributed by atoms with van der Waals surface area (Å²) in [4.78, 5) is 14.6. The van der Waals surface area contributed by atoms with Crippen molar-refractivity contribution in [2.45, 2.75) is 25.3 Å². The fourth-order valence-corrected chi connectivity index (χ4v) is 2.88. The number of phenolic OH excluding ortho intramolecular Hbond substituents is 1. The van der Waals surface area contributed by atoms with Gasteiger partial charge in [0.25, 0.3) is 5.91 Å². The molecule has 2 fully saturated rings. The molecule has 1 aromatic carbocycles. The van der Waals surface area contributed by atoms with Crippen LogP contribution in [-0.2, 0) is 0 Å². The van der Waals surface area contributed by atoms with Gasteiger partial charge < -0.3 is 21.1 Å². The van der Waals surface area contributed by atoms with E-state index in [0.29, 0.717) is 12.5 Å². The van der Waals surface area contributed by atoms with E-state index >= 15 is 0 Å². The van der Waals surface area contributed by atoms with Crippen molar-refractivity contribution in [2.75, 3.05) is 25.4 Å². The molecule has 1 heterocycles. The normalized spacial score (nSPS) is 22.9. The van der Waals surface area contributed by atoms with Crippen molar-refractivity contribution < 1.29 is 9.90 Å². The first-order chi connectivity index (χ1) is 9.65. The van der Waals surface area contributed by atoms with Crippen LogP contribution in [0.25, 0.3) is 0 Å². The molecule has 5 nitrogen and oxygen atoms in total. The molecule has 3 rings (SSSR count). The maximum atomic E-state index is 12.1. The van der Waals surface area contributed by atoms with E-state index in [0.717, 1.165) is 25.6 Å². The average Bonchev–Trinajstić information content (AvgIpc) is 3.18. The first-order valence-corrected chi connectivity index (χ1v) is 7.25. The van der Waals surface area contributed by atoms with Crippen molar-refractivity contribution in [3.63, 3.8) is 0 Å². The monoisotopic (exact) mass is 275 g/mol. The standard InChI is InChI=1S/C15H21N3O2/c16-13-3-1-2-12(14(13)19)15(20)17-8-10-6-7-18(9-10)11-4-5-11/h1-3,10-11,19H,4-9,16H2,(H,17,20). The van der Waals surface area contributed by atoms with E-state index in [1.54, 1.807) is 18.2 Å². The maximum Gasteiger partial charge on any atom is 0.255 e. The van der Waals surface area contributed by atoms with E-state index in [1.165, 1.54) is 12.8 Å². The summed E-state index contributed by atoms with van der Waals surface area (Å²) in [6.45, 7) is 2.89. The predicted molar refractivity (Wildman–Crippen MR) is 77.6 cm³/mol. The number of hydrogen-bond acceptors (Lipinski definition) is 4. The maximum absolute atomic E-state index is 12.1. The topological polar surface area (TPSA) is 78.6 Å². The molecule has 0 aromatic heterocycles. The van der Waals surface area contributed by atoms with Gasteiger partial charge in [-0.1, -0.05) is 6.07 Å². The van der Waals surface area contributed by atoms with Gasteiger partial charge in [-0.15, -0.1) is 0 Å². The zero-order valence-electron chi connectivity index (χ0n) is 11.5. The lowest BCUT2D eigenvalue weighted by Crippen LogP contribution is -2.31. The van der Waals surface area contributed by atoms with Gasteiger partial charge >= 0.3 is 0 Å². The number of aromatic hydroxyl groups is 1. The minimum absolute atomic E-state index is 0.129. The number of anilines is 1. The third-order valence-corrected chi connectivity index (χ3v) is 4.24. The van der Waals surface area contributed by atoms with E-state index in [4.69, 9.17) is 5.73 Å². The Morgan fingerprint density at radius 3 is 2.95 bits per heavy atom. The van der Waals surface area contributed by atoms with E-state index in [2.05, 4.69) is 10.2 Å². The van der Waals surface area contributed by atoms with Crippen molar-refractivity contribution in [1.29, 1.82) is 0 Å². The van der Waals surface area contributed by atoms with Crippen molar-refractivity contribution in [3.05, 3.63) is 23.8 Å². The molecule has 0 bridgehead atoms. The second-order valence-corrected chi connectivity index (χ2v) is 5.83. The zero-order chi connectivity index (χ0) is 14.1. The van der Waals surface area contributed by atoms with E-state index in [9.17, 15) is 9.90 Å². The lowest BCUT2D eigenvalue weighted by atomic mass is 10.1. The molecule has 5 heteroatoms. The van der Waals surface area contributed by atoms with Gasteiger partial charge in [0.05, 0.1) is 11.3 Å². The number of nitrogens with one attached hydrogen (secondary N) is 1. The Hall–Kier alpha value is -1.75. The van der Waals surface area contributed by atoms with Gasteiger partial charge in [0.2, 0.25) is 0 Å². The Morgan fingerprint density at radius 1 is 1.40 bits per heavy atom. The molecule has 2 aliphatic rings. The van der Waals surface area contributed by atoms with Gasteiger partial charge in [0, 0.05) is 19.1 Å². The van der Waals surface area contributed by atoms with Crippen LogP contribution in [0, 0.1) is 5.92 Å². The summed E-state index contributed by atoms with van der Waals surface area (Å²) in [7, 11) is 0. The van der Waals surface area contributed by atoms with Crippen LogP contribution in [0.4, 0.5) is 5.69 Å². The summed E-state index contributed by atoms with van der Waals surface area (Å²) in [5.74, 6) is 0.137. The van der Waals surface area contributed by atoms with E-state index in [1.807, 2.05) is 0 Å². The number of likely N-dealkylation sites (tertiary alicyclic amines) is 1. The summed E-state index contributed by atoms with van der Waals surface area (Å²) in [5.41, 5.74) is 6.09. The van der Waals surface area contributed by atoms with Crippen LogP contribution in [0.2, 0.25) is 0 Å². The van der Waals surface area contributed by atoms with Crippen molar-refractivity contribution in [1.82, 2.24) is 10.2 Å². The van der Waals surface area contributed by atoms with Crippen LogP contribution < -0.4 is 11.1 Å². The molecular weight excluding hydrogens is 254 g/mol. The Balaban J connectivity index is 1.53. The summed E-state index contributed by atoms with van der Waals surface area (Å²) in [6.07, 6.45) is 3.80. The van der Waals surface area contributed by atoms with Crippen molar-refractivity contribution in [2.24, 2.45) is 5.92 Å². The lowest BCUT2D eigenvalue weighted by Gasteiger charge is -2.15. The fourth-order valence-electron chi connectivity index (χ4n) is 2.88. The largest absolute Gasteiger partial charge is 0.505 e. The number of nitrogens with two attached hydrogens (primary N) is 1. The van der Waals surface area contributed by atoms with Crippen LogP contribution in [0.1, 0.15) is 29.6 Å². The predicted octanol–water partition coefficient (Wildman–Crippen LogP) is 1.19. The van der Waals surface area contributed by atoms with Gasteiger partial charge in [0.15, 0.2) is 5.75 Å². The molecule has 1 aliphatic carbocycles. The van der Waals surface area contributed by atoms with Gasteiger partial charge in [-0.25, -0.2) is 0 Å². The molecule has 108 valence electrons. The highest BCUT2D eigenvalue weighted by molar-refractivity contribution is 5.98. The highest BCUT2D eigenvalue weighted by Gasteiger charge is 2.34. The Morgan fingerprint density at radius 2 is 2.20 bits per heavy atom. The molecule has 1 unspecified atom stereocenters. The molecule has 1 aliphatic heterocycles. The molecule has 1 atom stereocenters. The smallest absolute Gasteiger partial charge is 0.255 e. The third kappa shape index (κ3) is 2.72. The minimum Gasteiger partial charge on any atom is -0.505 e. The highest BCUT2D eigenvalue weighted by Crippen LogP contribution is 2.31. The summed E-state index contributed by atoms with van der Waals surface area (Å²) < 4.78 is 0. The average molecular weight is 275 g/mol. The van der Waals surface area contributed by atoms with Crippen LogP contribution in [-0.4, -0.2) is 41.6 Å². The first kappa shape index (κ1) is 13.2. The minimum atomic E-state index is -0.250. The molecule has 20 heavy (non-hydrogen) atoms. The Kier molecular flexibility index (Phi) is 3.53.